The molecule has 2 rings (SSSR count). The second-order valence-corrected chi connectivity index (χ2v) is 6.93. The first-order valence-electron chi connectivity index (χ1n) is 8.37. The smallest absolute Gasteiger partial charge is 0.0612 e. The topological polar surface area (TPSA) is 9.23 Å². The molecule has 0 spiro atoms. The lowest BCUT2D eigenvalue weighted by atomic mass is 9.55. The van der Waals surface area contributed by atoms with Gasteiger partial charge in [-0.3, -0.25) is 0 Å². The fourth-order valence-corrected chi connectivity index (χ4v) is 4.70. The molecule has 0 amide bonds. The molecule has 0 aromatic heterocycles. The molecule has 1 heteroatoms. The van der Waals surface area contributed by atoms with Crippen molar-refractivity contribution in [1.82, 2.24) is 0 Å². The Morgan fingerprint density at radius 2 is 2.00 bits per heavy atom. The number of allylic oxidation sites excluding steroid dienone is 1. The summed E-state index contributed by atoms with van der Waals surface area (Å²) in [7, 11) is 0. The summed E-state index contributed by atoms with van der Waals surface area (Å²) in [4.78, 5) is 0. The summed E-state index contributed by atoms with van der Waals surface area (Å²) in [5.74, 6) is 2.19. The number of hydrogen-bond donors (Lipinski definition) is 0. The summed E-state index contributed by atoms with van der Waals surface area (Å²) < 4.78 is 6.36. The first kappa shape index (κ1) is 15.1. The summed E-state index contributed by atoms with van der Waals surface area (Å²) >= 11 is 0. The van der Waals surface area contributed by atoms with Gasteiger partial charge in [0.15, 0.2) is 0 Å². The van der Waals surface area contributed by atoms with E-state index in [1.165, 1.54) is 32.1 Å². The first-order valence-corrected chi connectivity index (χ1v) is 8.37. The monoisotopic (exact) mass is 264 g/mol. The number of rotatable bonds is 5. The van der Waals surface area contributed by atoms with E-state index in [4.69, 9.17) is 4.74 Å². The fraction of sp³-hybridized carbons (Fsp3) is 0.889. The van der Waals surface area contributed by atoms with Crippen molar-refractivity contribution >= 4 is 0 Å². The van der Waals surface area contributed by atoms with E-state index in [1.807, 2.05) is 0 Å². The molecule has 110 valence electrons. The van der Waals surface area contributed by atoms with Gasteiger partial charge in [-0.2, -0.15) is 0 Å². The Balaban J connectivity index is 2.16. The average Bonchev–Trinajstić information content (AvgIpc) is 2.38. The molecule has 1 saturated heterocycles. The lowest BCUT2D eigenvalue weighted by Gasteiger charge is -2.55. The highest BCUT2D eigenvalue weighted by molar-refractivity contribution is 5.22. The molecule has 0 aromatic carbocycles. The van der Waals surface area contributed by atoms with Gasteiger partial charge in [0.05, 0.1) is 12.7 Å². The quantitative estimate of drug-likeness (QED) is 0.489. The molecule has 0 unspecified atom stereocenters. The summed E-state index contributed by atoms with van der Waals surface area (Å²) in [6.45, 7) is 12.8. The lowest BCUT2D eigenvalue weighted by Crippen LogP contribution is -2.53. The highest BCUT2D eigenvalue weighted by Crippen LogP contribution is 2.54. The molecule has 2 aliphatic rings. The molecular formula is C18H32O. The van der Waals surface area contributed by atoms with E-state index in [9.17, 15) is 0 Å². The molecule has 1 nitrogen and oxygen atoms in total. The van der Waals surface area contributed by atoms with Gasteiger partial charge < -0.3 is 4.74 Å². The van der Waals surface area contributed by atoms with Crippen LogP contribution in [0.3, 0.4) is 0 Å². The van der Waals surface area contributed by atoms with Crippen LogP contribution in [0.5, 0.6) is 0 Å². The van der Waals surface area contributed by atoms with E-state index >= 15 is 0 Å². The SMILES string of the molecule is CCCCC[C@@H]1OC[C@@]2(CC)C(C)=C[C@@H](C)[C@H]1[C@@H]2C. The van der Waals surface area contributed by atoms with Gasteiger partial charge in [0.2, 0.25) is 0 Å². The van der Waals surface area contributed by atoms with Crippen molar-refractivity contribution in [3.63, 3.8) is 0 Å². The molecule has 0 N–H and O–H groups in total. The molecule has 19 heavy (non-hydrogen) atoms. The Bertz CT molecular complexity index is 333. The zero-order valence-electron chi connectivity index (χ0n) is 13.5. The lowest BCUT2D eigenvalue weighted by molar-refractivity contribution is -0.142. The molecule has 0 radical (unpaired) electrons. The fourth-order valence-electron chi connectivity index (χ4n) is 4.70. The average molecular weight is 264 g/mol. The van der Waals surface area contributed by atoms with Crippen molar-refractivity contribution in [3.8, 4) is 0 Å². The number of hydrogen-bond acceptors (Lipinski definition) is 1. The number of fused-ring (bicyclic) bond motifs is 2. The van der Waals surface area contributed by atoms with Crippen LogP contribution in [0.4, 0.5) is 0 Å². The predicted octanol–water partition coefficient (Wildman–Crippen LogP) is 5.21. The minimum Gasteiger partial charge on any atom is -0.377 e. The molecule has 2 bridgehead atoms. The third-order valence-electron chi connectivity index (χ3n) is 6.06. The normalized spacial score (nSPS) is 42.1. The van der Waals surface area contributed by atoms with Crippen LogP contribution in [0, 0.1) is 23.2 Å². The minimum absolute atomic E-state index is 0.332. The van der Waals surface area contributed by atoms with Crippen LogP contribution in [-0.4, -0.2) is 12.7 Å². The molecule has 1 heterocycles. The Morgan fingerprint density at radius 3 is 2.63 bits per heavy atom. The molecule has 0 aromatic rings. The van der Waals surface area contributed by atoms with Gasteiger partial charge in [-0.25, -0.2) is 0 Å². The van der Waals surface area contributed by atoms with Crippen LogP contribution >= 0.6 is 0 Å². The predicted molar refractivity (Wildman–Crippen MR) is 82.2 cm³/mol. The van der Waals surface area contributed by atoms with Gasteiger partial charge in [0.25, 0.3) is 0 Å². The van der Waals surface area contributed by atoms with E-state index in [0.29, 0.717) is 17.4 Å². The standard InChI is InChI=1S/C18H32O/c1-6-8-9-10-16-17-13(3)11-14(4)18(7-2,12-19-16)15(17)5/h11,13,15-17H,6-10,12H2,1-5H3/t13-,15+,16+,17+,18+/m1/s1. The van der Waals surface area contributed by atoms with E-state index in [-0.39, 0.29) is 0 Å². The Hall–Kier alpha value is -0.300. The molecule has 1 aliphatic carbocycles. The zero-order chi connectivity index (χ0) is 14.0. The number of ether oxygens (including phenoxy) is 1. The van der Waals surface area contributed by atoms with E-state index in [1.54, 1.807) is 5.57 Å². The molecule has 1 aliphatic heterocycles. The molecule has 0 saturated carbocycles. The maximum atomic E-state index is 6.36. The summed E-state index contributed by atoms with van der Waals surface area (Å²) in [6, 6.07) is 0. The van der Waals surface area contributed by atoms with Gasteiger partial charge in [-0.15, -0.1) is 0 Å². The van der Waals surface area contributed by atoms with Crippen molar-refractivity contribution in [3.05, 3.63) is 11.6 Å². The van der Waals surface area contributed by atoms with Crippen molar-refractivity contribution in [2.45, 2.75) is 72.8 Å². The molecule has 1 fully saturated rings. The largest absolute Gasteiger partial charge is 0.377 e. The Labute approximate surface area is 119 Å². The van der Waals surface area contributed by atoms with Crippen molar-refractivity contribution < 1.29 is 4.74 Å². The van der Waals surface area contributed by atoms with Gasteiger partial charge in [0, 0.05) is 5.41 Å². The second kappa shape index (κ2) is 5.99. The van der Waals surface area contributed by atoms with Crippen molar-refractivity contribution in [1.29, 1.82) is 0 Å². The first-order chi connectivity index (χ1) is 9.06. The Kier molecular flexibility index (Phi) is 4.76. The van der Waals surface area contributed by atoms with Crippen molar-refractivity contribution in [2.75, 3.05) is 6.61 Å². The second-order valence-electron chi connectivity index (χ2n) is 6.93. The van der Waals surface area contributed by atoms with Crippen LogP contribution in [0.1, 0.15) is 66.7 Å². The van der Waals surface area contributed by atoms with Crippen LogP contribution in [0.15, 0.2) is 11.6 Å². The summed E-state index contributed by atoms with van der Waals surface area (Å²) in [5, 5.41) is 0. The third kappa shape index (κ3) is 2.51. The Morgan fingerprint density at radius 1 is 1.26 bits per heavy atom. The minimum atomic E-state index is 0.332. The number of unbranched alkanes of at least 4 members (excludes halogenated alkanes) is 2. The summed E-state index contributed by atoms with van der Waals surface area (Å²) in [5.41, 5.74) is 1.91. The van der Waals surface area contributed by atoms with E-state index < -0.39 is 0 Å². The van der Waals surface area contributed by atoms with Gasteiger partial charge >= 0.3 is 0 Å². The molecular weight excluding hydrogens is 232 g/mol. The van der Waals surface area contributed by atoms with Crippen LogP contribution in [-0.2, 0) is 4.74 Å². The highest BCUT2D eigenvalue weighted by atomic mass is 16.5. The molecule has 5 atom stereocenters. The van der Waals surface area contributed by atoms with Gasteiger partial charge in [0.1, 0.15) is 0 Å². The highest BCUT2D eigenvalue weighted by Gasteiger charge is 2.51. The maximum Gasteiger partial charge on any atom is 0.0612 e. The van der Waals surface area contributed by atoms with Crippen molar-refractivity contribution in [2.24, 2.45) is 23.2 Å². The van der Waals surface area contributed by atoms with E-state index in [0.717, 1.165) is 18.4 Å². The van der Waals surface area contributed by atoms with Crippen LogP contribution in [0.2, 0.25) is 0 Å². The van der Waals surface area contributed by atoms with Crippen LogP contribution in [0.25, 0.3) is 0 Å². The maximum absolute atomic E-state index is 6.36. The summed E-state index contributed by atoms with van der Waals surface area (Å²) in [6.07, 6.45) is 9.52. The van der Waals surface area contributed by atoms with Gasteiger partial charge in [-0.1, -0.05) is 58.6 Å². The van der Waals surface area contributed by atoms with E-state index in [2.05, 4.69) is 40.7 Å². The zero-order valence-corrected chi connectivity index (χ0v) is 13.5. The van der Waals surface area contributed by atoms with Gasteiger partial charge in [-0.05, 0) is 37.5 Å². The third-order valence-corrected chi connectivity index (χ3v) is 6.06. The van der Waals surface area contributed by atoms with Crippen LogP contribution < -0.4 is 0 Å².